The Bertz CT molecular complexity index is 182. The zero-order chi connectivity index (χ0) is 9.80. The van der Waals surface area contributed by atoms with Gasteiger partial charge in [0, 0.05) is 19.1 Å². The standard InChI is InChI=1S/C11H19NO2/c13-9-10-3-5-12(6-4-10)8-11-2-1-7-14-11/h9-11H,1-8H2. The summed E-state index contributed by atoms with van der Waals surface area (Å²) in [5.74, 6) is 0.316. The summed E-state index contributed by atoms with van der Waals surface area (Å²) in [5, 5.41) is 0. The molecule has 0 bridgehead atoms. The fourth-order valence-corrected chi connectivity index (χ4v) is 2.35. The summed E-state index contributed by atoms with van der Waals surface area (Å²) in [5.41, 5.74) is 0. The third-order valence-electron chi connectivity index (χ3n) is 3.31. The Hall–Kier alpha value is -0.410. The van der Waals surface area contributed by atoms with Gasteiger partial charge in [0.1, 0.15) is 6.29 Å². The number of carbonyl (C=O) groups is 1. The molecule has 80 valence electrons. The van der Waals surface area contributed by atoms with Crippen LogP contribution in [0.5, 0.6) is 0 Å². The molecule has 2 saturated heterocycles. The molecule has 2 aliphatic rings. The molecule has 0 saturated carbocycles. The lowest BCUT2D eigenvalue weighted by Gasteiger charge is -2.31. The number of piperidine rings is 1. The van der Waals surface area contributed by atoms with Gasteiger partial charge in [-0.3, -0.25) is 0 Å². The van der Waals surface area contributed by atoms with E-state index in [0.717, 1.165) is 45.4 Å². The number of carbonyl (C=O) groups excluding carboxylic acids is 1. The van der Waals surface area contributed by atoms with E-state index in [9.17, 15) is 4.79 Å². The first-order valence-electron chi connectivity index (χ1n) is 5.68. The predicted octanol–water partition coefficient (Wildman–Crippen LogP) is 1.08. The van der Waals surface area contributed by atoms with Gasteiger partial charge in [0.25, 0.3) is 0 Å². The lowest BCUT2D eigenvalue weighted by Crippen LogP contribution is -2.38. The molecule has 2 fully saturated rings. The normalized spacial score (nSPS) is 30.7. The average molecular weight is 197 g/mol. The number of ether oxygens (including phenoxy) is 1. The summed E-state index contributed by atoms with van der Waals surface area (Å²) >= 11 is 0. The maximum absolute atomic E-state index is 10.6. The third kappa shape index (κ3) is 2.55. The molecule has 1 atom stereocenters. The highest BCUT2D eigenvalue weighted by molar-refractivity contribution is 5.53. The lowest BCUT2D eigenvalue weighted by atomic mass is 9.98. The van der Waals surface area contributed by atoms with E-state index in [-0.39, 0.29) is 0 Å². The second kappa shape index (κ2) is 4.89. The van der Waals surface area contributed by atoms with E-state index in [4.69, 9.17) is 4.74 Å². The van der Waals surface area contributed by atoms with Crippen LogP contribution in [-0.4, -0.2) is 43.5 Å². The van der Waals surface area contributed by atoms with Crippen LogP contribution in [0.4, 0.5) is 0 Å². The van der Waals surface area contributed by atoms with Crippen LogP contribution < -0.4 is 0 Å². The van der Waals surface area contributed by atoms with Crippen molar-refractivity contribution in [2.75, 3.05) is 26.2 Å². The molecule has 14 heavy (non-hydrogen) atoms. The monoisotopic (exact) mass is 197 g/mol. The molecule has 2 aliphatic heterocycles. The van der Waals surface area contributed by atoms with Crippen molar-refractivity contribution in [2.24, 2.45) is 5.92 Å². The fraction of sp³-hybridized carbons (Fsp3) is 0.909. The van der Waals surface area contributed by atoms with Gasteiger partial charge in [0.2, 0.25) is 0 Å². The van der Waals surface area contributed by atoms with Gasteiger partial charge in [0.15, 0.2) is 0 Å². The van der Waals surface area contributed by atoms with Gasteiger partial charge in [-0.2, -0.15) is 0 Å². The summed E-state index contributed by atoms with van der Waals surface area (Å²) in [6.45, 7) is 4.16. The van der Waals surface area contributed by atoms with Crippen LogP contribution in [0.1, 0.15) is 25.7 Å². The van der Waals surface area contributed by atoms with Crippen LogP contribution in [0.2, 0.25) is 0 Å². The Kier molecular flexibility index (Phi) is 3.54. The minimum absolute atomic E-state index is 0.316. The molecule has 0 N–H and O–H groups in total. The molecule has 0 aromatic carbocycles. The van der Waals surface area contributed by atoms with Gasteiger partial charge in [-0.1, -0.05) is 0 Å². The maximum atomic E-state index is 10.6. The number of likely N-dealkylation sites (tertiary alicyclic amines) is 1. The van der Waals surface area contributed by atoms with Crippen molar-refractivity contribution in [3.05, 3.63) is 0 Å². The van der Waals surface area contributed by atoms with E-state index in [1.807, 2.05) is 0 Å². The van der Waals surface area contributed by atoms with Gasteiger partial charge in [-0.25, -0.2) is 0 Å². The van der Waals surface area contributed by atoms with Crippen LogP contribution in [0, 0.1) is 5.92 Å². The molecule has 0 aromatic rings. The smallest absolute Gasteiger partial charge is 0.123 e. The maximum Gasteiger partial charge on any atom is 0.123 e. The van der Waals surface area contributed by atoms with Gasteiger partial charge in [-0.05, 0) is 38.8 Å². The third-order valence-corrected chi connectivity index (χ3v) is 3.31. The second-order valence-corrected chi connectivity index (χ2v) is 4.41. The number of rotatable bonds is 3. The molecule has 0 radical (unpaired) electrons. The Morgan fingerprint density at radius 3 is 2.64 bits per heavy atom. The topological polar surface area (TPSA) is 29.5 Å². The number of aldehydes is 1. The van der Waals surface area contributed by atoms with Crippen molar-refractivity contribution in [2.45, 2.75) is 31.8 Å². The van der Waals surface area contributed by atoms with Crippen LogP contribution in [0.3, 0.4) is 0 Å². The number of hydrogen-bond acceptors (Lipinski definition) is 3. The molecule has 2 rings (SSSR count). The van der Waals surface area contributed by atoms with Gasteiger partial charge in [-0.15, -0.1) is 0 Å². The zero-order valence-electron chi connectivity index (χ0n) is 8.65. The Labute approximate surface area is 85.4 Å². The highest BCUT2D eigenvalue weighted by Gasteiger charge is 2.23. The molecule has 0 amide bonds. The first-order chi connectivity index (χ1) is 6.88. The van der Waals surface area contributed by atoms with E-state index in [1.165, 1.54) is 12.8 Å². The minimum Gasteiger partial charge on any atom is -0.377 e. The molecule has 0 aliphatic carbocycles. The van der Waals surface area contributed by atoms with E-state index in [1.54, 1.807) is 0 Å². The second-order valence-electron chi connectivity index (χ2n) is 4.41. The van der Waals surface area contributed by atoms with Gasteiger partial charge < -0.3 is 14.4 Å². The van der Waals surface area contributed by atoms with Crippen LogP contribution >= 0.6 is 0 Å². The average Bonchev–Trinajstić information content (AvgIpc) is 2.72. The van der Waals surface area contributed by atoms with Crippen LogP contribution in [0.15, 0.2) is 0 Å². The molecule has 1 unspecified atom stereocenters. The largest absolute Gasteiger partial charge is 0.377 e. The SMILES string of the molecule is O=CC1CCN(CC2CCCO2)CC1. The Morgan fingerprint density at radius 2 is 2.07 bits per heavy atom. The Morgan fingerprint density at radius 1 is 1.29 bits per heavy atom. The Balaban J connectivity index is 1.69. The summed E-state index contributed by atoms with van der Waals surface area (Å²) in [7, 11) is 0. The zero-order valence-corrected chi connectivity index (χ0v) is 8.65. The number of nitrogens with zero attached hydrogens (tertiary/aromatic N) is 1. The van der Waals surface area contributed by atoms with Crippen molar-refractivity contribution in [1.82, 2.24) is 4.90 Å². The molecule has 3 nitrogen and oxygen atoms in total. The highest BCUT2D eigenvalue weighted by Crippen LogP contribution is 2.18. The highest BCUT2D eigenvalue weighted by atomic mass is 16.5. The van der Waals surface area contributed by atoms with Crippen molar-refractivity contribution in [3.63, 3.8) is 0 Å². The van der Waals surface area contributed by atoms with Crippen molar-refractivity contribution >= 4 is 6.29 Å². The molecule has 3 heteroatoms. The molecular weight excluding hydrogens is 178 g/mol. The van der Waals surface area contributed by atoms with E-state index in [0.29, 0.717) is 12.0 Å². The van der Waals surface area contributed by atoms with Crippen LogP contribution in [-0.2, 0) is 9.53 Å². The molecular formula is C11H19NO2. The molecule has 0 aromatic heterocycles. The fourth-order valence-electron chi connectivity index (χ4n) is 2.35. The van der Waals surface area contributed by atoms with Gasteiger partial charge in [0.05, 0.1) is 6.10 Å². The van der Waals surface area contributed by atoms with Crippen molar-refractivity contribution in [3.8, 4) is 0 Å². The minimum atomic E-state index is 0.316. The summed E-state index contributed by atoms with van der Waals surface area (Å²) < 4.78 is 5.60. The van der Waals surface area contributed by atoms with E-state index < -0.39 is 0 Å². The first kappa shape index (κ1) is 10.1. The van der Waals surface area contributed by atoms with E-state index >= 15 is 0 Å². The van der Waals surface area contributed by atoms with E-state index in [2.05, 4.69) is 4.90 Å². The summed E-state index contributed by atoms with van der Waals surface area (Å²) in [6, 6.07) is 0. The quantitative estimate of drug-likeness (QED) is 0.634. The van der Waals surface area contributed by atoms with Crippen molar-refractivity contribution in [1.29, 1.82) is 0 Å². The number of hydrogen-bond donors (Lipinski definition) is 0. The molecule has 0 spiro atoms. The van der Waals surface area contributed by atoms with Gasteiger partial charge >= 0.3 is 0 Å². The summed E-state index contributed by atoms with van der Waals surface area (Å²) in [4.78, 5) is 13.0. The summed E-state index contributed by atoms with van der Waals surface area (Å²) in [6.07, 6.45) is 6.08. The first-order valence-corrected chi connectivity index (χ1v) is 5.68. The predicted molar refractivity (Wildman–Crippen MR) is 54.2 cm³/mol. The lowest BCUT2D eigenvalue weighted by molar-refractivity contribution is -0.112. The van der Waals surface area contributed by atoms with Crippen LogP contribution in [0.25, 0.3) is 0 Å². The molecule has 2 heterocycles. The van der Waals surface area contributed by atoms with Crippen molar-refractivity contribution < 1.29 is 9.53 Å².